The van der Waals surface area contributed by atoms with Gasteiger partial charge in [0.2, 0.25) is 5.91 Å². The Morgan fingerprint density at radius 1 is 1.65 bits per heavy atom. The van der Waals surface area contributed by atoms with Crippen LogP contribution in [0.1, 0.15) is 26.0 Å². The van der Waals surface area contributed by atoms with Crippen LogP contribution in [-0.2, 0) is 10.5 Å². The molecule has 1 aromatic rings. The van der Waals surface area contributed by atoms with E-state index in [0.29, 0.717) is 5.75 Å². The van der Waals surface area contributed by atoms with E-state index in [1.54, 1.807) is 6.20 Å². The van der Waals surface area contributed by atoms with Crippen LogP contribution in [0, 0.1) is 11.3 Å². The van der Waals surface area contributed by atoms with E-state index in [2.05, 4.69) is 4.98 Å². The van der Waals surface area contributed by atoms with Crippen molar-refractivity contribution in [2.75, 3.05) is 6.54 Å². The fourth-order valence-corrected chi connectivity index (χ4v) is 3.43. The van der Waals surface area contributed by atoms with E-state index in [9.17, 15) is 9.18 Å². The minimum atomic E-state index is -1.15. The summed E-state index contributed by atoms with van der Waals surface area (Å²) in [6.45, 7) is 3.72. The molecule has 23 heavy (non-hydrogen) atoms. The van der Waals surface area contributed by atoms with Crippen molar-refractivity contribution in [2.24, 2.45) is 5.73 Å². The van der Waals surface area contributed by atoms with E-state index >= 15 is 0 Å². The van der Waals surface area contributed by atoms with Crippen LogP contribution in [0.15, 0.2) is 24.4 Å². The number of amides is 1. The summed E-state index contributed by atoms with van der Waals surface area (Å²) in [6.07, 6.45) is 0.633. The molecule has 1 aromatic heterocycles. The highest BCUT2D eigenvalue weighted by Gasteiger charge is 2.42. The molecular formula is C16H21FN4OS. The molecule has 1 fully saturated rings. The number of hydrogen-bond acceptors (Lipinski definition) is 5. The van der Waals surface area contributed by atoms with Gasteiger partial charge in [0, 0.05) is 23.1 Å². The number of carbonyl (C=O) groups is 1. The molecule has 3 atom stereocenters. The third-order valence-corrected chi connectivity index (χ3v) is 5.45. The number of nitrogens with zero attached hydrogens (tertiary/aromatic N) is 3. The molecule has 0 radical (unpaired) electrons. The highest BCUT2D eigenvalue weighted by Crippen LogP contribution is 2.32. The lowest BCUT2D eigenvalue weighted by Gasteiger charge is -2.33. The zero-order chi connectivity index (χ0) is 17.0. The summed E-state index contributed by atoms with van der Waals surface area (Å²) < 4.78 is 12.9. The minimum absolute atomic E-state index is 0.0499. The molecule has 0 saturated carbocycles. The van der Waals surface area contributed by atoms with E-state index < -0.39 is 23.0 Å². The highest BCUT2D eigenvalue weighted by molar-refractivity contribution is 7.99. The standard InChI is InChI=1S/C16H21FN4OS/c1-16(2,23-10-12-5-3-4-6-20-12)14(19)15(22)21-9-11(17)7-13(21)8-18/h3-6,11,13-14H,7,9-10,19H2,1-2H3/t11-,13-,14+/m0/s1. The van der Waals surface area contributed by atoms with Gasteiger partial charge in [-0.3, -0.25) is 9.78 Å². The van der Waals surface area contributed by atoms with Gasteiger partial charge in [-0.1, -0.05) is 6.07 Å². The molecule has 0 aromatic carbocycles. The van der Waals surface area contributed by atoms with Crippen LogP contribution in [0.4, 0.5) is 4.39 Å². The lowest BCUT2D eigenvalue weighted by Crippen LogP contribution is -2.54. The Morgan fingerprint density at radius 2 is 2.39 bits per heavy atom. The maximum absolute atomic E-state index is 13.5. The first-order chi connectivity index (χ1) is 10.8. The van der Waals surface area contributed by atoms with Crippen molar-refractivity contribution in [3.05, 3.63) is 30.1 Å². The fraction of sp³-hybridized carbons (Fsp3) is 0.562. The number of rotatable bonds is 5. The minimum Gasteiger partial charge on any atom is -0.322 e. The molecule has 1 aliphatic heterocycles. The summed E-state index contributed by atoms with van der Waals surface area (Å²) in [5.41, 5.74) is 7.04. The Hall–Kier alpha value is -1.65. The van der Waals surface area contributed by atoms with Crippen LogP contribution in [0.2, 0.25) is 0 Å². The Balaban J connectivity index is 2.01. The average molecular weight is 336 g/mol. The van der Waals surface area contributed by atoms with Crippen LogP contribution in [0.25, 0.3) is 0 Å². The lowest BCUT2D eigenvalue weighted by molar-refractivity contribution is -0.133. The number of pyridine rings is 1. The van der Waals surface area contributed by atoms with E-state index in [0.717, 1.165) is 5.69 Å². The number of alkyl halides is 1. The van der Waals surface area contributed by atoms with Crippen molar-refractivity contribution in [3.8, 4) is 6.07 Å². The van der Waals surface area contributed by atoms with Crippen LogP contribution in [0.5, 0.6) is 0 Å². The predicted octanol–water partition coefficient (Wildman–Crippen LogP) is 1.88. The molecule has 5 nitrogen and oxygen atoms in total. The topological polar surface area (TPSA) is 83.0 Å². The van der Waals surface area contributed by atoms with Crippen LogP contribution < -0.4 is 5.73 Å². The molecule has 2 N–H and O–H groups in total. The van der Waals surface area contributed by atoms with Gasteiger partial charge in [-0.2, -0.15) is 5.26 Å². The summed E-state index contributed by atoms with van der Waals surface area (Å²) >= 11 is 1.52. The first-order valence-corrected chi connectivity index (χ1v) is 8.47. The van der Waals surface area contributed by atoms with Gasteiger partial charge in [0.05, 0.1) is 24.3 Å². The van der Waals surface area contributed by atoms with E-state index in [1.165, 1.54) is 16.7 Å². The summed E-state index contributed by atoms with van der Waals surface area (Å²) in [6, 6.07) is 6.12. The third kappa shape index (κ3) is 4.21. The third-order valence-electron chi connectivity index (χ3n) is 4.02. The zero-order valence-corrected chi connectivity index (χ0v) is 14.1. The monoisotopic (exact) mass is 336 g/mol. The van der Waals surface area contributed by atoms with Crippen molar-refractivity contribution in [2.45, 2.75) is 49.0 Å². The summed E-state index contributed by atoms with van der Waals surface area (Å²) in [5, 5.41) is 9.07. The van der Waals surface area contributed by atoms with Gasteiger partial charge in [-0.15, -0.1) is 11.8 Å². The molecule has 2 rings (SSSR count). The number of halogens is 1. The highest BCUT2D eigenvalue weighted by atomic mass is 32.2. The molecule has 1 amide bonds. The van der Waals surface area contributed by atoms with Gasteiger partial charge in [0.25, 0.3) is 0 Å². The molecule has 0 spiro atoms. The first-order valence-electron chi connectivity index (χ1n) is 7.48. The number of aromatic nitrogens is 1. The van der Waals surface area contributed by atoms with Gasteiger partial charge in [0.1, 0.15) is 12.2 Å². The van der Waals surface area contributed by atoms with Gasteiger partial charge < -0.3 is 10.6 Å². The average Bonchev–Trinajstić information content (AvgIpc) is 2.93. The van der Waals surface area contributed by atoms with Crippen molar-refractivity contribution < 1.29 is 9.18 Å². The van der Waals surface area contributed by atoms with Crippen molar-refractivity contribution in [3.63, 3.8) is 0 Å². The van der Waals surface area contributed by atoms with Crippen molar-refractivity contribution in [1.82, 2.24) is 9.88 Å². The smallest absolute Gasteiger partial charge is 0.242 e. The van der Waals surface area contributed by atoms with Crippen molar-refractivity contribution in [1.29, 1.82) is 5.26 Å². The van der Waals surface area contributed by atoms with Gasteiger partial charge in [0.15, 0.2) is 0 Å². The Kier molecular flexibility index (Phi) is 5.60. The quantitative estimate of drug-likeness (QED) is 0.888. The number of nitrogens with two attached hydrogens (primary N) is 1. The molecule has 1 aliphatic rings. The van der Waals surface area contributed by atoms with Gasteiger partial charge in [-0.25, -0.2) is 4.39 Å². The number of carbonyl (C=O) groups excluding carboxylic acids is 1. The number of likely N-dealkylation sites (tertiary alicyclic amines) is 1. The van der Waals surface area contributed by atoms with E-state index in [-0.39, 0.29) is 18.9 Å². The van der Waals surface area contributed by atoms with Crippen LogP contribution in [-0.4, -0.2) is 45.3 Å². The largest absolute Gasteiger partial charge is 0.322 e. The molecule has 0 aliphatic carbocycles. The summed E-state index contributed by atoms with van der Waals surface area (Å²) in [7, 11) is 0. The normalized spacial score (nSPS) is 22.7. The molecular weight excluding hydrogens is 315 g/mol. The first kappa shape index (κ1) is 17.7. The Bertz CT molecular complexity index is 589. The van der Waals surface area contributed by atoms with E-state index in [1.807, 2.05) is 38.1 Å². The van der Waals surface area contributed by atoms with Crippen molar-refractivity contribution >= 4 is 17.7 Å². The van der Waals surface area contributed by atoms with Crippen LogP contribution in [0.3, 0.4) is 0 Å². The second kappa shape index (κ2) is 7.28. The maximum Gasteiger partial charge on any atom is 0.242 e. The fourth-order valence-electron chi connectivity index (χ4n) is 2.46. The second-order valence-electron chi connectivity index (χ2n) is 6.16. The lowest BCUT2D eigenvalue weighted by atomic mass is 10.0. The predicted molar refractivity (Wildman–Crippen MR) is 88.2 cm³/mol. The number of thioether (sulfide) groups is 1. The number of nitriles is 1. The van der Waals surface area contributed by atoms with Crippen LogP contribution >= 0.6 is 11.8 Å². The molecule has 0 unspecified atom stereocenters. The second-order valence-corrected chi connectivity index (χ2v) is 7.79. The molecule has 7 heteroatoms. The van der Waals surface area contributed by atoms with Gasteiger partial charge in [-0.05, 0) is 26.0 Å². The molecule has 1 saturated heterocycles. The number of hydrogen-bond donors (Lipinski definition) is 1. The zero-order valence-electron chi connectivity index (χ0n) is 13.3. The summed E-state index contributed by atoms with van der Waals surface area (Å²) in [4.78, 5) is 18.1. The Morgan fingerprint density at radius 3 is 3.00 bits per heavy atom. The Labute approximate surface area is 140 Å². The van der Waals surface area contributed by atoms with E-state index in [4.69, 9.17) is 11.0 Å². The molecule has 124 valence electrons. The SMILES string of the molecule is CC(C)(SCc1ccccn1)[C@H](N)C(=O)N1C[C@@H](F)C[C@H]1C#N. The summed E-state index contributed by atoms with van der Waals surface area (Å²) in [5.74, 6) is 0.262. The van der Waals surface area contributed by atoms with Gasteiger partial charge >= 0.3 is 0 Å². The molecule has 0 bridgehead atoms. The molecule has 2 heterocycles. The maximum atomic E-state index is 13.5.